The first-order valence-electron chi connectivity index (χ1n) is 6.54. The van der Waals surface area contributed by atoms with Crippen molar-refractivity contribution < 1.29 is 14.3 Å². The summed E-state index contributed by atoms with van der Waals surface area (Å²) < 4.78 is 5.40. The second-order valence-electron chi connectivity index (χ2n) is 4.65. The van der Waals surface area contributed by atoms with Crippen LogP contribution in [0.25, 0.3) is 0 Å². The molecular weight excluding hydrogens is 232 g/mol. The smallest absolute Gasteiger partial charge is 0.251 e. The molecule has 2 amide bonds. The summed E-state index contributed by atoms with van der Waals surface area (Å²) in [4.78, 5) is 27.3. The maximum Gasteiger partial charge on any atom is 0.251 e. The largest absolute Gasteiger partial charge is 0.368 e. The average Bonchev–Trinajstić information content (AvgIpc) is 2.92. The molecule has 18 heavy (non-hydrogen) atoms. The Labute approximate surface area is 107 Å². The number of rotatable bonds is 2. The van der Waals surface area contributed by atoms with Crippen LogP contribution < -0.4 is 0 Å². The molecule has 0 aromatic heterocycles. The molecule has 0 N–H and O–H groups in total. The molecule has 0 aromatic rings. The number of carbonyl (C=O) groups is 2. The van der Waals surface area contributed by atoms with E-state index in [9.17, 15) is 9.59 Å². The van der Waals surface area contributed by atoms with Gasteiger partial charge in [0.25, 0.3) is 5.91 Å². The zero-order chi connectivity index (χ0) is 13.0. The van der Waals surface area contributed by atoms with E-state index in [1.54, 1.807) is 17.1 Å². The molecule has 0 radical (unpaired) electrons. The SMILES string of the molecule is C/C=C\C(=O)N1CCN(C(=O)[C@@H]2CCCO2)CC1. The van der Waals surface area contributed by atoms with E-state index in [0.29, 0.717) is 32.8 Å². The zero-order valence-corrected chi connectivity index (χ0v) is 10.8. The van der Waals surface area contributed by atoms with Gasteiger partial charge in [0.15, 0.2) is 0 Å². The first-order chi connectivity index (χ1) is 8.72. The van der Waals surface area contributed by atoms with Crippen LogP contribution in [0.1, 0.15) is 19.8 Å². The molecule has 0 bridgehead atoms. The third-order valence-electron chi connectivity index (χ3n) is 3.42. The predicted octanol–water partition coefficient (Wildman–Crippen LogP) is 0.412. The van der Waals surface area contributed by atoms with E-state index in [-0.39, 0.29) is 17.9 Å². The quantitative estimate of drug-likeness (QED) is 0.669. The van der Waals surface area contributed by atoms with Gasteiger partial charge in [-0.05, 0) is 25.8 Å². The molecule has 2 aliphatic rings. The van der Waals surface area contributed by atoms with E-state index < -0.39 is 0 Å². The van der Waals surface area contributed by atoms with Crippen LogP contribution in [0.5, 0.6) is 0 Å². The highest BCUT2D eigenvalue weighted by atomic mass is 16.5. The molecule has 2 heterocycles. The summed E-state index contributed by atoms with van der Waals surface area (Å²) in [6, 6.07) is 0. The molecule has 2 saturated heterocycles. The summed E-state index contributed by atoms with van der Waals surface area (Å²) in [6.45, 7) is 4.97. The maximum absolute atomic E-state index is 12.1. The lowest BCUT2D eigenvalue weighted by Gasteiger charge is -2.35. The molecular formula is C13H20N2O3. The van der Waals surface area contributed by atoms with Gasteiger partial charge in [0, 0.05) is 32.8 Å². The van der Waals surface area contributed by atoms with Crippen LogP contribution >= 0.6 is 0 Å². The predicted molar refractivity (Wildman–Crippen MR) is 66.9 cm³/mol. The van der Waals surface area contributed by atoms with Crippen LogP contribution in [0.4, 0.5) is 0 Å². The number of hydrogen-bond donors (Lipinski definition) is 0. The Bertz CT molecular complexity index is 340. The molecule has 1 atom stereocenters. The molecule has 0 aliphatic carbocycles. The Morgan fingerprint density at radius 3 is 2.39 bits per heavy atom. The first kappa shape index (κ1) is 13.1. The van der Waals surface area contributed by atoms with E-state index in [1.165, 1.54) is 0 Å². The standard InChI is InChI=1S/C13H20N2O3/c1-2-4-12(16)14-6-8-15(9-7-14)13(17)11-5-3-10-18-11/h2,4,11H,3,5-10H2,1H3/b4-2-/t11-/m0/s1. The second kappa shape index (κ2) is 6.00. The fourth-order valence-corrected chi connectivity index (χ4v) is 2.37. The molecule has 0 unspecified atom stereocenters. The molecule has 0 saturated carbocycles. The molecule has 5 nitrogen and oxygen atoms in total. The first-order valence-corrected chi connectivity index (χ1v) is 6.54. The Kier molecular flexibility index (Phi) is 4.36. The number of amides is 2. The van der Waals surface area contributed by atoms with Gasteiger partial charge in [-0.25, -0.2) is 0 Å². The molecule has 2 aliphatic heterocycles. The number of hydrogen-bond acceptors (Lipinski definition) is 3. The third kappa shape index (κ3) is 2.90. The van der Waals surface area contributed by atoms with Crippen molar-refractivity contribution in [3.8, 4) is 0 Å². The highest BCUT2D eigenvalue weighted by Crippen LogP contribution is 2.16. The van der Waals surface area contributed by atoms with Crippen LogP contribution in [0.2, 0.25) is 0 Å². The maximum atomic E-state index is 12.1. The van der Waals surface area contributed by atoms with E-state index in [0.717, 1.165) is 12.8 Å². The van der Waals surface area contributed by atoms with Crippen LogP contribution in [0.15, 0.2) is 12.2 Å². The number of ether oxygens (including phenoxy) is 1. The normalized spacial score (nSPS) is 24.8. The molecule has 2 rings (SSSR count). The van der Waals surface area contributed by atoms with Crippen molar-refractivity contribution in [2.24, 2.45) is 0 Å². The number of nitrogens with zero attached hydrogens (tertiary/aromatic N) is 2. The van der Waals surface area contributed by atoms with Crippen molar-refractivity contribution in [3.05, 3.63) is 12.2 Å². The average molecular weight is 252 g/mol. The topological polar surface area (TPSA) is 49.9 Å². The van der Waals surface area contributed by atoms with Crippen LogP contribution in [-0.2, 0) is 14.3 Å². The Balaban J connectivity index is 1.82. The van der Waals surface area contributed by atoms with Gasteiger partial charge < -0.3 is 14.5 Å². The summed E-state index contributed by atoms with van der Waals surface area (Å²) >= 11 is 0. The summed E-state index contributed by atoms with van der Waals surface area (Å²) in [7, 11) is 0. The van der Waals surface area contributed by atoms with Gasteiger partial charge in [0.05, 0.1) is 0 Å². The lowest BCUT2D eigenvalue weighted by molar-refractivity contribution is -0.144. The zero-order valence-electron chi connectivity index (χ0n) is 10.8. The third-order valence-corrected chi connectivity index (χ3v) is 3.42. The summed E-state index contributed by atoms with van der Waals surface area (Å²) in [5.74, 6) is 0.118. The van der Waals surface area contributed by atoms with E-state index in [1.807, 2.05) is 11.8 Å². The number of allylic oxidation sites excluding steroid dienone is 1. The van der Waals surface area contributed by atoms with Crippen molar-refractivity contribution >= 4 is 11.8 Å². The molecule has 0 spiro atoms. The van der Waals surface area contributed by atoms with Crippen molar-refractivity contribution in [1.29, 1.82) is 0 Å². The van der Waals surface area contributed by atoms with Crippen molar-refractivity contribution in [3.63, 3.8) is 0 Å². The van der Waals surface area contributed by atoms with Gasteiger partial charge in [-0.2, -0.15) is 0 Å². The molecule has 2 fully saturated rings. The monoisotopic (exact) mass is 252 g/mol. The number of carbonyl (C=O) groups excluding carboxylic acids is 2. The van der Waals surface area contributed by atoms with Gasteiger partial charge >= 0.3 is 0 Å². The minimum atomic E-state index is -0.247. The van der Waals surface area contributed by atoms with Gasteiger partial charge in [-0.1, -0.05) is 6.08 Å². The Morgan fingerprint density at radius 2 is 1.83 bits per heavy atom. The van der Waals surface area contributed by atoms with Gasteiger partial charge in [-0.3, -0.25) is 9.59 Å². The molecule has 0 aromatic carbocycles. The summed E-state index contributed by atoms with van der Waals surface area (Å²) in [5.41, 5.74) is 0. The van der Waals surface area contributed by atoms with Crippen molar-refractivity contribution in [2.75, 3.05) is 32.8 Å². The highest BCUT2D eigenvalue weighted by Gasteiger charge is 2.30. The van der Waals surface area contributed by atoms with E-state index in [4.69, 9.17) is 4.74 Å². The Morgan fingerprint density at radius 1 is 1.17 bits per heavy atom. The van der Waals surface area contributed by atoms with Crippen LogP contribution in [0.3, 0.4) is 0 Å². The lowest BCUT2D eigenvalue weighted by atomic mass is 10.2. The van der Waals surface area contributed by atoms with Crippen LogP contribution in [-0.4, -0.2) is 60.5 Å². The molecule has 5 heteroatoms. The van der Waals surface area contributed by atoms with E-state index in [2.05, 4.69) is 0 Å². The van der Waals surface area contributed by atoms with Gasteiger partial charge in [-0.15, -0.1) is 0 Å². The number of piperazine rings is 1. The minimum Gasteiger partial charge on any atom is -0.368 e. The van der Waals surface area contributed by atoms with Gasteiger partial charge in [0.1, 0.15) is 6.10 Å². The summed E-state index contributed by atoms with van der Waals surface area (Å²) in [5, 5.41) is 0. The lowest BCUT2D eigenvalue weighted by Crippen LogP contribution is -2.52. The fraction of sp³-hybridized carbons (Fsp3) is 0.692. The van der Waals surface area contributed by atoms with Crippen molar-refractivity contribution in [1.82, 2.24) is 9.80 Å². The van der Waals surface area contributed by atoms with Gasteiger partial charge in [0.2, 0.25) is 5.91 Å². The molecule has 100 valence electrons. The summed E-state index contributed by atoms with van der Waals surface area (Å²) in [6.07, 6.45) is 4.86. The van der Waals surface area contributed by atoms with E-state index >= 15 is 0 Å². The second-order valence-corrected chi connectivity index (χ2v) is 4.65. The van der Waals surface area contributed by atoms with Crippen LogP contribution in [0, 0.1) is 0 Å². The fourth-order valence-electron chi connectivity index (χ4n) is 2.37. The van der Waals surface area contributed by atoms with Crippen molar-refractivity contribution in [2.45, 2.75) is 25.9 Å². The Hall–Kier alpha value is -1.36. The highest BCUT2D eigenvalue weighted by molar-refractivity contribution is 5.88. The minimum absolute atomic E-state index is 0.0294.